The molecule has 0 spiro atoms. The van der Waals surface area contributed by atoms with Crippen LogP contribution in [0, 0.1) is 5.41 Å². The Morgan fingerprint density at radius 2 is 2.24 bits per heavy atom. The highest BCUT2D eigenvalue weighted by Gasteiger charge is 2.44. The van der Waals surface area contributed by atoms with Crippen molar-refractivity contribution in [2.24, 2.45) is 5.41 Å². The van der Waals surface area contributed by atoms with Crippen molar-refractivity contribution in [2.45, 2.75) is 12.8 Å². The summed E-state index contributed by atoms with van der Waals surface area (Å²) in [6.07, 6.45) is 1.67. The van der Waals surface area contributed by atoms with Gasteiger partial charge in [-0.15, -0.1) is 0 Å². The van der Waals surface area contributed by atoms with Crippen LogP contribution in [-0.4, -0.2) is 30.7 Å². The Bertz CT molecular complexity index is 466. The van der Waals surface area contributed by atoms with Crippen LogP contribution in [0.1, 0.15) is 11.1 Å². The predicted molar refractivity (Wildman–Crippen MR) is 65.3 cm³/mol. The Labute approximate surface area is 100 Å². The Kier molecular flexibility index (Phi) is 2.33. The number of benzene rings is 1. The number of fused-ring (bicyclic) bond motifs is 1. The van der Waals surface area contributed by atoms with Crippen LogP contribution in [0.2, 0.25) is 0 Å². The first-order chi connectivity index (χ1) is 8.20. The van der Waals surface area contributed by atoms with Gasteiger partial charge in [0.1, 0.15) is 0 Å². The van der Waals surface area contributed by atoms with E-state index in [1.807, 2.05) is 6.07 Å². The van der Waals surface area contributed by atoms with E-state index in [1.54, 1.807) is 0 Å². The molecule has 0 amide bonds. The van der Waals surface area contributed by atoms with E-state index in [-0.39, 0.29) is 0 Å². The summed E-state index contributed by atoms with van der Waals surface area (Å²) >= 11 is 0. The number of aliphatic carboxylic acids is 1. The number of carboxylic acids is 1. The Morgan fingerprint density at radius 1 is 1.41 bits per heavy atom. The van der Waals surface area contributed by atoms with Crippen molar-refractivity contribution >= 4 is 11.7 Å². The Morgan fingerprint density at radius 3 is 2.88 bits per heavy atom. The van der Waals surface area contributed by atoms with Gasteiger partial charge in [0.2, 0.25) is 0 Å². The first kappa shape index (κ1) is 10.6. The van der Waals surface area contributed by atoms with Crippen LogP contribution in [0.25, 0.3) is 0 Å². The number of rotatable bonds is 3. The minimum Gasteiger partial charge on any atom is -0.481 e. The van der Waals surface area contributed by atoms with Crippen molar-refractivity contribution in [3.05, 3.63) is 29.3 Å². The molecular weight excluding hydrogens is 216 g/mol. The third-order valence-electron chi connectivity index (χ3n) is 3.80. The van der Waals surface area contributed by atoms with E-state index in [0.29, 0.717) is 19.5 Å². The summed E-state index contributed by atoms with van der Waals surface area (Å²) in [7, 11) is 0. The smallest absolute Gasteiger partial charge is 0.312 e. The first-order valence-electron chi connectivity index (χ1n) is 5.99. The summed E-state index contributed by atoms with van der Waals surface area (Å²) in [5.41, 5.74) is 3.07. The molecule has 3 N–H and O–H groups in total. The zero-order chi connectivity index (χ0) is 11.9. The maximum Gasteiger partial charge on any atom is 0.312 e. The molecule has 0 aromatic heterocycles. The fraction of sp³-hybridized carbons (Fsp3) is 0.462. The molecule has 90 valence electrons. The molecule has 2 aliphatic heterocycles. The molecule has 17 heavy (non-hydrogen) atoms. The number of carboxylic acid groups (broad SMARTS) is 1. The Hall–Kier alpha value is -1.55. The van der Waals surface area contributed by atoms with Gasteiger partial charge in [-0.3, -0.25) is 4.79 Å². The molecule has 3 rings (SSSR count). The quantitative estimate of drug-likeness (QED) is 0.723. The number of hydrogen-bond donors (Lipinski definition) is 3. The summed E-state index contributed by atoms with van der Waals surface area (Å²) in [6, 6.07) is 6.26. The normalized spacial score (nSPS) is 20.2. The molecule has 0 atom stereocenters. The van der Waals surface area contributed by atoms with E-state index >= 15 is 0 Å². The average molecular weight is 232 g/mol. The van der Waals surface area contributed by atoms with Crippen LogP contribution < -0.4 is 10.6 Å². The highest BCUT2D eigenvalue weighted by Crippen LogP contribution is 2.30. The maximum absolute atomic E-state index is 11.3. The molecule has 0 unspecified atom stereocenters. The fourth-order valence-corrected chi connectivity index (χ4v) is 2.64. The van der Waals surface area contributed by atoms with Gasteiger partial charge in [-0.2, -0.15) is 0 Å². The molecule has 4 nitrogen and oxygen atoms in total. The topological polar surface area (TPSA) is 61.4 Å². The third-order valence-corrected chi connectivity index (χ3v) is 3.80. The maximum atomic E-state index is 11.3. The number of carbonyl (C=O) groups is 1. The molecule has 2 heterocycles. The van der Waals surface area contributed by atoms with Crippen molar-refractivity contribution in [1.29, 1.82) is 0 Å². The molecule has 0 radical (unpaired) electrons. The van der Waals surface area contributed by atoms with Crippen molar-refractivity contribution in [3.63, 3.8) is 0 Å². The molecule has 2 aliphatic rings. The van der Waals surface area contributed by atoms with Crippen molar-refractivity contribution < 1.29 is 9.90 Å². The molecule has 0 bridgehead atoms. The summed E-state index contributed by atoms with van der Waals surface area (Å²) < 4.78 is 0. The van der Waals surface area contributed by atoms with Gasteiger partial charge in [-0.25, -0.2) is 0 Å². The van der Waals surface area contributed by atoms with Crippen LogP contribution in [0.4, 0.5) is 5.69 Å². The van der Waals surface area contributed by atoms with Gasteiger partial charge < -0.3 is 15.7 Å². The van der Waals surface area contributed by atoms with Gasteiger partial charge in [-0.1, -0.05) is 12.1 Å². The largest absolute Gasteiger partial charge is 0.481 e. The second-order valence-corrected chi connectivity index (χ2v) is 5.03. The van der Waals surface area contributed by atoms with E-state index in [0.717, 1.165) is 18.5 Å². The summed E-state index contributed by atoms with van der Waals surface area (Å²) in [5, 5.41) is 15.7. The molecule has 0 aliphatic carbocycles. The van der Waals surface area contributed by atoms with E-state index in [1.165, 1.54) is 11.3 Å². The van der Waals surface area contributed by atoms with Gasteiger partial charge >= 0.3 is 5.97 Å². The highest BCUT2D eigenvalue weighted by atomic mass is 16.4. The molecule has 0 saturated carbocycles. The SMILES string of the molecule is O=C(O)C1(Cc2ccc3c(c2)CCN3)CNC1. The molecule has 4 heteroatoms. The standard InChI is InChI=1S/C13H16N2O2/c16-12(17)13(7-14-8-13)6-9-1-2-11-10(5-9)3-4-15-11/h1-2,5,14-15H,3-4,6-8H2,(H,16,17). The second kappa shape index (κ2) is 3.74. The number of anilines is 1. The van der Waals surface area contributed by atoms with Gasteiger partial charge in [0, 0.05) is 25.3 Å². The monoisotopic (exact) mass is 232 g/mol. The van der Waals surface area contributed by atoms with E-state index in [9.17, 15) is 9.90 Å². The molecule has 1 fully saturated rings. The third kappa shape index (κ3) is 1.69. The number of nitrogens with one attached hydrogen (secondary N) is 2. The first-order valence-corrected chi connectivity index (χ1v) is 5.99. The fourth-order valence-electron chi connectivity index (χ4n) is 2.64. The highest BCUT2D eigenvalue weighted by molar-refractivity contribution is 5.77. The lowest BCUT2D eigenvalue weighted by Crippen LogP contribution is -2.59. The molecular formula is C13H16N2O2. The molecule has 1 saturated heterocycles. The lowest BCUT2D eigenvalue weighted by Gasteiger charge is -2.38. The van der Waals surface area contributed by atoms with Crippen molar-refractivity contribution in [2.75, 3.05) is 25.0 Å². The van der Waals surface area contributed by atoms with Gasteiger partial charge in [-0.05, 0) is 30.0 Å². The minimum absolute atomic E-state index is 0.581. The summed E-state index contributed by atoms with van der Waals surface area (Å²) in [6.45, 7) is 2.15. The summed E-state index contributed by atoms with van der Waals surface area (Å²) in [4.78, 5) is 11.3. The van der Waals surface area contributed by atoms with Gasteiger partial charge in [0.25, 0.3) is 0 Å². The second-order valence-electron chi connectivity index (χ2n) is 5.03. The van der Waals surface area contributed by atoms with Crippen molar-refractivity contribution in [3.8, 4) is 0 Å². The van der Waals surface area contributed by atoms with Gasteiger partial charge in [0.05, 0.1) is 5.41 Å². The average Bonchev–Trinajstić information content (AvgIpc) is 2.69. The van der Waals surface area contributed by atoms with Crippen molar-refractivity contribution in [1.82, 2.24) is 5.32 Å². The minimum atomic E-state index is -0.685. The van der Waals surface area contributed by atoms with Crippen LogP contribution >= 0.6 is 0 Å². The number of hydrogen-bond acceptors (Lipinski definition) is 3. The van der Waals surface area contributed by atoms with Crippen LogP contribution in [-0.2, 0) is 17.6 Å². The van der Waals surface area contributed by atoms with Crippen LogP contribution in [0.5, 0.6) is 0 Å². The lowest BCUT2D eigenvalue weighted by molar-refractivity contribution is -0.152. The Balaban J connectivity index is 1.83. The molecule has 1 aromatic carbocycles. The van der Waals surface area contributed by atoms with Gasteiger partial charge in [0.15, 0.2) is 0 Å². The van der Waals surface area contributed by atoms with E-state index in [2.05, 4.69) is 22.8 Å². The zero-order valence-electron chi connectivity index (χ0n) is 9.62. The zero-order valence-corrected chi connectivity index (χ0v) is 9.62. The van der Waals surface area contributed by atoms with Crippen LogP contribution in [0.3, 0.4) is 0 Å². The molecule has 1 aromatic rings. The predicted octanol–water partition coefficient (Wildman–Crippen LogP) is 0.871. The summed E-state index contributed by atoms with van der Waals surface area (Å²) in [5.74, 6) is -0.685. The lowest BCUT2D eigenvalue weighted by atomic mass is 9.76. The van der Waals surface area contributed by atoms with E-state index in [4.69, 9.17) is 0 Å². The van der Waals surface area contributed by atoms with E-state index < -0.39 is 11.4 Å². The van der Waals surface area contributed by atoms with Crippen LogP contribution in [0.15, 0.2) is 18.2 Å².